The zero-order chi connectivity index (χ0) is 21.5. The van der Waals surface area contributed by atoms with Crippen LogP contribution in [0.4, 0.5) is 14.5 Å². The van der Waals surface area contributed by atoms with E-state index in [1.165, 1.54) is 6.07 Å². The van der Waals surface area contributed by atoms with Gasteiger partial charge in [-0.25, -0.2) is 8.78 Å². The predicted octanol–water partition coefficient (Wildman–Crippen LogP) is 4.71. The van der Waals surface area contributed by atoms with E-state index in [0.29, 0.717) is 34.4 Å². The first-order valence-corrected chi connectivity index (χ1v) is 10.1. The lowest BCUT2D eigenvalue weighted by Gasteiger charge is -2.09. The molecule has 0 saturated heterocycles. The molecule has 0 aliphatic rings. The Labute approximate surface area is 180 Å². The molecule has 0 aliphatic heterocycles. The van der Waals surface area contributed by atoms with Crippen LogP contribution < -0.4 is 10.1 Å². The smallest absolute Gasteiger partial charge is 0.234 e. The van der Waals surface area contributed by atoms with Crippen LogP contribution in [0, 0.1) is 11.6 Å². The van der Waals surface area contributed by atoms with Gasteiger partial charge in [-0.1, -0.05) is 29.4 Å². The molecule has 2 aromatic carbocycles. The summed E-state index contributed by atoms with van der Waals surface area (Å²) in [6, 6.07) is 9.86. The van der Waals surface area contributed by atoms with Gasteiger partial charge in [0.15, 0.2) is 11.0 Å². The third-order valence-corrected chi connectivity index (χ3v) is 5.04. The highest BCUT2D eigenvalue weighted by Crippen LogP contribution is 2.21. The van der Waals surface area contributed by atoms with Crippen molar-refractivity contribution in [3.05, 3.63) is 77.6 Å². The summed E-state index contributed by atoms with van der Waals surface area (Å²) in [5.74, 6) is -0.877. The maximum atomic E-state index is 13.7. The van der Waals surface area contributed by atoms with Crippen LogP contribution in [0.3, 0.4) is 0 Å². The third kappa shape index (κ3) is 5.80. The summed E-state index contributed by atoms with van der Waals surface area (Å²) in [4.78, 5) is 12.1. The van der Waals surface area contributed by atoms with Gasteiger partial charge in [-0.15, -0.1) is 16.8 Å². The fourth-order valence-electron chi connectivity index (χ4n) is 2.43. The second-order valence-corrected chi connectivity index (χ2v) is 7.38. The minimum Gasteiger partial charge on any atom is -0.486 e. The number of aromatic nitrogens is 3. The number of allylic oxidation sites excluding steroid dienone is 1. The molecular weight excluding hydrogens is 434 g/mol. The molecule has 1 amide bonds. The van der Waals surface area contributed by atoms with Crippen molar-refractivity contribution in [1.82, 2.24) is 14.8 Å². The molecule has 1 aromatic heterocycles. The minimum absolute atomic E-state index is 0.0376. The molecule has 1 N–H and O–H groups in total. The number of halogens is 3. The van der Waals surface area contributed by atoms with Gasteiger partial charge in [0.2, 0.25) is 5.91 Å². The van der Waals surface area contributed by atoms with Crippen LogP contribution in [0.2, 0.25) is 5.02 Å². The molecule has 0 aliphatic carbocycles. The molecule has 3 rings (SSSR count). The monoisotopic (exact) mass is 450 g/mol. The molecule has 0 saturated carbocycles. The van der Waals surface area contributed by atoms with E-state index in [0.717, 1.165) is 17.8 Å². The Kier molecular flexibility index (Phi) is 7.42. The van der Waals surface area contributed by atoms with E-state index in [1.807, 2.05) is 0 Å². The van der Waals surface area contributed by atoms with Gasteiger partial charge in [-0.3, -0.25) is 9.36 Å². The van der Waals surface area contributed by atoms with Crippen molar-refractivity contribution in [1.29, 1.82) is 0 Å². The fraction of sp³-hybridized carbons (Fsp3) is 0.150. The number of benzene rings is 2. The number of thioether (sulfide) groups is 1. The van der Waals surface area contributed by atoms with E-state index in [4.69, 9.17) is 16.3 Å². The number of hydrogen-bond acceptors (Lipinski definition) is 5. The van der Waals surface area contributed by atoms with Crippen molar-refractivity contribution in [2.24, 2.45) is 0 Å². The van der Waals surface area contributed by atoms with Crippen LogP contribution in [-0.2, 0) is 17.9 Å². The minimum atomic E-state index is -0.843. The zero-order valence-corrected chi connectivity index (χ0v) is 17.2. The number of amides is 1. The molecule has 0 fully saturated rings. The summed E-state index contributed by atoms with van der Waals surface area (Å²) >= 11 is 6.99. The topological polar surface area (TPSA) is 69.0 Å². The Morgan fingerprint density at radius 3 is 2.70 bits per heavy atom. The van der Waals surface area contributed by atoms with Crippen LogP contribution >= 0.6 is 23.4 Å². The molecule has 3 aromatic rings. The van der Waals surface area contributed by atoms with E-state index in [-0.39, 0.29) is 18.0 Å². The van der Waals surface area contributed by atoms with E-state index < -0.39 is 17.5 Å². The highest BCUT2D eigenvalue weighted by atomic mass is 35.5. The summed E-state index contributed by atoms with van der Waals surface area (Å²) in [6.45, 7) is 4.30. The van der Waals surface area contributed by atoms with E-state index in [2.05, 4.69) is 22.1 Å². The van der Waals surface area contributed by atoms with E-state index in [9.17, 15) is 13.6 Å². The van der Waals surface area contributed by atoms with E-state index >= 15 is 0 Å². The van der Waals surface area contributed by atoms with Crippen LogP contribution in [0.15, 0.2) is 60.3 Å². The summed E-state index contributed by atoms with van der Waals surface area (Å²) in [5.41, 5.74) is -0.0911. The van der Waals surface area contributed by atoms with Crippen molar-refractivity contribution >= 4 is 35.0 Å². The van der Waals surface area contributed by atoms with Crippen molar-refractivity contribution in [3.63, 3.8) is 0 Å². The molecule has 0 atom stereocenters. The Balaban J connectivity index is 1.61. The second kappa shape index (κ2) is 10.2. The fourth-order valence-corrected chi connectivity index (χ4v) is 3.32. The lowest BCUT2D eigenvalue weighted by atomic mass is 10.3. The first kappa shape index (κ1) is 21.8. The Morgan fingerprint density at radius 2 is 2.00 bits per heavy atom. The number of ether oxygens (including phenoxy) is 1. The lowest BCUT2D eigenvalue weighted by molar-refractivity contribution is -0.113. The number of carbonyl (C=O) groups is 1. The highest BCUT2D eigenvalue weighted by molar-refractivity contribution is 7.99. The largest absolute Gasteiger partial charge is 0.486 e. The van der Waals surface area contributed by atoms with Crippen LogP contribution in [0.25, 0.3) is 0 Å². The average molecular weight is 451 g/mol. The Bertz CT molecular complexity index is 1040. The number of carbonyl (C=O) groups excluding carboxylic acids is 1. The van der Waals surface area contributed by atoms with Crippen LogP contribution in [0.1, 0.15) is 5.82 Å². The Morgan fingerprint density at radius 1 is 1.23 bits per heavy atom. The Hall–Kier alpha value is -2.91. The normalized spacial score (nSPS) is 10.6. The molecule has 6 nitrogen and oxygen atoms in total. The molecule has 1 heterocycles. The van der Waals surface area contributed by atoms with Crippen LogP contribution in [0.5, 0.6) is 5.75 Å². The van der Waals surface area contributed by atoms with Gasteiger partial charge in [0.25, 0.3) is 0 Å². The van der Waals surface area contributed by atoms with Gasteiger partial charge < -0.3 is 10.1 Å². The van der Waals surface area contributed by atoms with Crippen LogP contribution in [-0.4, -0.2) is 26.4 Å². The zero-order valence-electron chi connectivity index (χ0n) is 15.6. The summed E-state index contributed by atoms with van der Waals surface area (Å²) in [5, 5.41) is 11.7. The number of rotatable bonds is 9. The summed E-state index contributed by atoms with van der Waals surface area (Å²) in [6.07, 6.45) is 1.67. The molecule has 0 radical (unpaired) electrons. The molecule has 10 heteroatoms. The highest BCUT2D eigenvalue weighted by Gasteiger charge is 2.15. The van der Waals surface area contributed by atoms with Crippen molar-refractivity contribution < 1.29 is 18.3 Å². The van der Waals surface area contributed by atoms with Crippen molar-refractivity contribution in [3.8, 4) is 5.75 Å². The van der Waals surface area contributed by atoms with Gasteiger partial charge >= 0.3 is 0 Å². The lowest BCUT2D eigenvalue weighted by Crippen LogP contribution is -2.16. The maximum absolute atomic E-state index is 13.7. The first-order chi connectivity index (χ1) is 14.5. The predicted molar refractivity (Wildman–Crippen MR) is 112 cm³/mol. The second-order valence-electron chi connectivity index (χ2n) is 6.00. The van der Waals surface area contributed by atoms with E-state index in [1.54, 1.807) is 34.9 Å². The molecule has 30 heavy (non-hydrogen) atoms. The molecular formula is C20H17ClF2N4O2S. The molecule has 156 valence electrons. The summed E-state index contributed by atoms with van der Waals surface area (Å²) in [7, 11) is 0. The van der Waals surface area contributed by atoms with Gasteiger partial charge in [0.1, 0.15) is 24.0 Å². The van der Waals surface area contributed by atoms with Crippen molar-refractivity contribution in [2.45, 2.75) is 18.3 Å². The first-order valence-electron chi connectivity index (χ1n) is 8.75. The summed E-state index contributed by atoms with van der Waals surface area (Å²) < 4.78 is 34.1. The van der Waals surface area contributed by atoms with Gasteiger partial charge in [-0.2, -0.15) is 0 Å². The number of nitrogens with one attached hydrogen (secondary N) is 1. The molecule has 0 spiro atoms. The van der Waals surface area contributed by atoms with Gasteiger partial charge in [0.05, 0.1) is 11.4 Å². The maximum Gasteiger partial charge on any atom is 0.234 e. The number of anilines is 1. The number of nitrogens with zero attached hydrogens (tertiary/aromatic N) is 3. The molecule has 0 bridgehead atoms. The average Bonchev–Trinajstić information content (AvgIpc) is 3.10. The van der Waals surface area contributed by atoms with Gasteiger partial charge in [-0.05, 0) is 36.4 Å². The third-order valence-electron chi connectivity index (χ3n) is 3.82. The number of hydrogen-bond donors (Lipinski definition) is 1. The SMILES string of the molecule is C=CCn1c(COc2ccc(Cl)cc2)nnc1SCC(=O)Nc1ccc(F)cc1F. The molecule has 0 unspecified atom stereocenters. The van der Waals surface area contributed by atoms with Crippen molar-refractivity contribution in [2.75, 3.05) is 11.1 Å². The standard InChI is InChI=1S/C20H17ClF2N4O2S/c1-2-9-27-18(11-29-15-6-3-13(21)4-7-15)25-26-20(27)30-12-19(28)24-17-8-5-14(22)10-16(17)23/h2-8,10H,1,9,11-12H2,(H,24,28). The van der Waals surface area contributed by atoms with Gasteiger partial charge in [0, 0.05) is 17.6 Å². The quantitative estimate of drug-likeness (QED) is 0.378.